The Bertz CT molecular complexity index is 644. The summed E-state index contributed by atoms with van der Waals surface area (Å²) in [6.45, 7) is 2.24. The van der Waals surface area contributed by atoms with E-state index in [0.29, 0.717) is 28.8 Å². The number of nitrogen functional groups attached to an aromatic ring is 1. The van der Waals surface area contributed by atoms with Gasteiger partial charge >= 0.3 is 5.82 Å². The van der Waals surface area contributed by atoms with Gasteiger partial charge in [0.2, 0.25) is 0 Å². The molecule has 2 aromatic rings. The lowest BCUT2D eigenvalue weighted by molar-refractivity contribution is -0.392. The van der Waals surface area contributed by atoms with Crippen molar-refractivity contribution in [3.63, 3.8) is 0 Å². The molecule has 0 saturated heterocycles. The molecule has 0 amide bonds. The van der Waals surface area contributed by atoms with Crippen LogP contribution in [0.3, 0.4) is 0 Å². The number of imidazole rings is 1. The van der Waals surface area contributed by atoms with Crippen LogP contribution < -0.4 is 5.73 Å². The van der Waals surface area contributed by atoms with Gasteiger partial charge in [0.15, 0.2) is 5.82 Å². The van der Waals surface area contributed by atoms with Crippen molar-refractivity contribution >= 4 is 34.9 Å². The molecule has 0 bridgehead atoms. The zero-order valence-corrected chi connectivity index (χ0v) is 12.3. The average molecular weight is 313 g/mol. The Morgan fingerprint density at radius 3 is 2.95 bits per heavy atom. The molecule has 2 N–H and O–H groups in total. The number of aromatic nitrogens is 2. The Kier molecular flexibility index (Phi) is 4.51. The number of hydrogen-bond acceptors (Lipinski definition) is 5. The summed E-state index contributed by atoms with van der Waals surface area (Å²) in [7, 11) is 0. The SMILES string of the molecule is Cc1ncc([N+](=O)[O-])n1CCSc1ccc(Cl)cc1N. The highest BCUT2D eigenvalue weighted by Gasteiger charge is 2.16. The monoisotopic (exact) mass is 312 g/mol. The fourth-order valence-corrected chi connectivity index (χ4v) is 2.84. The van der Waals surface area contributed by atoms with Gasteiger partial charge in [0.1, 0.15) is 12.7 Å². The molecule has 0 spiro atoms. The fourth-order valence-electron chi connectivity index (χ4n) is 1.78. The predicted octanol–water partition coefficient (Wildman–Crippen LogP) is 3.13. The lowest BCUT2D eigenvalue weighted by Gasteiger charge is -2.06. The molecule has 0 unspecified atom stereocenters. The van der Waals surface area contributed by atoms with Gasteiger partial charge < -0.3 is 15.8 Å². The predicted molar refractivity (Wildman–Crippen MR) is 80.2 cm³/mol. The van der Waals surface area contributed by atoms with Gasteiger partial charge in [0.25, 0.3) is 0 Å². The molecule has 1 aromatic carbocycles. The maximum absolute atomic E-state index is 10.9. The van der Waals surface area contributed by atoms with E-state index in [-0.39, 0.29) is 5.82 Å². The first-order chi connectivity index (χ1) is 9.49. The first-order valence-electron chi connectivity index (χ1n) is 5.83. The molecule has 0 atom stereocenters. The van der Waals surface area contributed by atoms with Gasteiger partial charge in [-0.1, -0.05) is 11.6 Å². The van der Waals surface area contributed by atoms with Crippen molar-refractivity contribution in [1.29, 1.82) is 0 Å². The van der Waals surface area contributed by atoms with Crippen molar-refractivity contribution in [2.45, 2.75) is 18.4 Å². The number of rotatable bonds is 5. The van der Waals surface area contributed by atoms with Gasteiger partial charge in [0, 0.05) is 28.3 Å². The molecule has 1 heterocycles. The van der Waals surface area contributed by atoms with Crippen LogP contribution >= 0.6 is 23.4 Å². The summed E-state index contributed by atoms with van der Waals surface area (Å²) in [4.78, 5) is 15.3. The molecule has 8 heteroatoms. The van der Waals surface area contributed by atoms with Gasteiger partial charge in [0.05, 0.1) is 0 Å². The molecule has 2 rings (SSSR count). The third-order valence-corrected chi connectivity index (χ3v) is 4.07. The summed E-state index contributed by atoms with van der Waals surface area (Å²) in [6, 6.07) is 5.30. The smallest absolute Gasteiger partial charge is 0.342 e. The van der Waals surface area contributed by atoms with E-state index in [1.165, 1.54) is 18.0 Å². The Hall–Kier alpha value is -1.73. The summed E-state index contributed by atoms with van der Waals surface area (Å²) in [6.07, 6.45) is 1.27. The van der Waals surface area contributed by atoms with Gasteiger partial charge in [-0.15, -0.1) is 11.8 Å². The van der Waals surface area contributed by atoms with Crippen molar-refractivity contribution in [1.82, 2.24) is 9.55 Å². The third-order valence-electron chi connectivity index (χ3n) is 2.77. The molecule has 6 nitrogen and oxygen atoms in total. The number of nitro groups is 1. The van der Waals surface area contributed by atoms with Gasteiger partial charge in [-0.2, -0.15) is 0 Å². The number of thioether (sulfide) groups is 1. The number of nitrogens with two attached hydrogens (primary N) is 1. The molecule has 0 radical (unpaired) electrons. The average Bonchev–Trinajstić information content (AvgIpc) is 2.74. The highest BCUT2D eigenvalue weighted by molar-refractivity contribution is 7.99. The first-order valence-corrected chi connectivity index (χ1v) is 7.19. The van der Waals surface area contributed by atoms with Crippen LogP contribution in [0.5, 0.6) is 0 Å². The standard InChI is InChI=1S/C12H13ClN4O2S/c1-8-15-7-12(17(18)19)16(8)4-5-20-11-3-2-9(13)6-10(11)14/h2-3,6-7H,4-5,14H2,1H3. The Morgan fingerprint density at radius 1 is 1.55 bits per heavy atom. The zero-order valence-electron chi connectivity index (χ0n) is 10.7. The van der Waals surface area contributed by atoms with Crippen LogP contribution in [-0.4, -0.2) is 20.2 Å². The topological polar surface area (TPSA) is 87.0 Å². The minimum atomic E-state index is -0.429. The molecule has 106 valence electrons. The van der Waals surface area contributed by atoms with Crippen LogP contribution in [0.4, 0.5) is 11.5 Å². The highest BCUT2D eigenvalue weighted by Crippen LogP contribution is 2.28. The number of hydrogen-bond donors (Lipinski definition) is 1. The van der Waals surface area contributed by atoms with Crippen molar-refractivity contribution in [3.8, 4) is 0 Å². The second-order valence-corrected chi connectivity index (χ2v) is 5.68. The Balaban J connectivity index is 2.03. The summed E-state index contributed by atoms with van der Waals surface area (Å²) in [5, 5.41) is 11.5. The number of anilines is 1. The fraction of sp³-hybridized carbons (Fsp3) is 0.250. The van der Waals surface area contributed by atoms with Crippen molar-refractivity contribution in [2.24, 2.45) is 0 Å². The second kappa shape index (κ2) is 6.15. The van der Waals surface area contributed by atoms with E-state index in [9.17, 15) is 10.1 Å². The van der Waals surface area contributed by atoms with Crippen LogP contribution in [0.25, 0.3) is 0 Å². The number of benzene rings is 1. The van der Waals surface area contributed by atoms with Gasteiger partial charge in [-0.3, -0.25) is 0 Å². The van der Waals surface area contributed by atoms with E-state index < -0.39 is 4.92 Å². The maximum Gasteiger partial charge on any atom is 0.342 e. The summed E-state index contributed by atoms with van der Waals surface area (Å²) >= 11 is 7.36. The molecule has 0 aliphatic heterocycles. The minimum Gasteiger partial charge on any atom is -0.398 e. The largest absolute Gasteiger partial charge is 0.398 e. The molecular formula is C12H13ClN4O2S. The van der Waals surface area contributed by atoms with Crippen LogP contribution in [0.1, 0.15) is 5.82 Å². The maximum atomic E-state index is 10.9. The van der Waals surface area contributed by atoms with Gasteiger partial charge in [-0.25, -0.2) is 9.55 Å². The molecular weight excluding hydrogens is 300 g/mol. The molecule has 0 aliphatic carbocycles. The number of halogens is 1. The van der Waals surface area contributed by atoms with E-state index in [4.69, 9.17) is 17.3 Å². The molecule has 0 fully saturated rings. The normalized spacial score (nSPS) is 10.7. The molecule has 0 saturated carbocycles. The minimum absolute atomic E-state index is 0.00665. The highest BCUT2D eigenvalue weighted by atomic mass is 35.5. The molecule has 0 aliphatic rings. The van der Waals surface area contributed by atoms with E-state index in [2.05, 4.69) is 4.98 Å². The lowest BCUT2D eigenvalue weighted by Crippen LogP contribution is -2.06. The first kappa shape index (κ1) is 14.7. The summed E-state index contributed by atoms with van der Waals surface area (Å²) in [5.41, 5.74) is 6.47. The van der Waals surface area contributed by atoms with E-state index >= 15 is 0 Å². The quantitative estimate of drug-likeness (QED) is 0.396. The van der Waals surface area contributed by atoms with E-state index in [0.717, 1.165) is 4.90 Å². The molecule has 20 heavy (non-hydrogen) atoms. The van der Waals surface area contributed by atoms with Crippen LogP contribution in [0, 0.1) is 17.0 Å². The summed E-state index contributed by atoms with van der Waals surface area (Å²) in [5.74, 6) is 1.29. The van der Waals surface area contributed by atoms with Crippen LogP contribution in [0.15, 0.2) is 29.3 Å². The van der Waals surface area contributed by atoms with Crippen molar-refractivity contribution in [3.05, 3.63) is 45.4 Å². The third kappa shape index (κ3) is 3.23. The summed E-state index contributed by atoms with van der Waals surface area (Å²) < 4.78 is 1.58. The van der Waals surface area contributed by atoms with Crippen molar-refractivity contribution < 1.29 is 4.92 Å². The molecule has 1 aromatic heterocycles. The second-order valence-electron chi connectivity index (χ2n) is 4.10. The van der Waals surface area contributed by atoms with Gasteiger partial charge in [-0.05, 0) is 23.1 Å². The number of nitrogens with zero attached hydrogens (tertiary/aromatic N) is 3. The van der Waals surface area contributed by atoms with Crippen LogP contribution in [-0.2, 0) is 6.54 Å². The van der Waals surface area contributed by atoms with E-state index in [1.54, 1.807) is 23.6 Å². The van der Waals surface area contributed by atoms with Crippen LogP contribution in [0.2, 0.25) is 5.02 Å². The Morgan fingerprint density at radius 2 is 2.30 bits per heavy atom. The Labute approximate surface area is 125 Å². The number of aryl methyl sites for hydroxylation is 1. The van der Waals surface area contributed by atoms with Crippen molar-refractivity contribution in [2.75, 3.05) is 11.5 Å². The lowest BCUT2D eigenvalue weighted by atomic mass is 10.3. The zero-order chi connectivity index (χ0) is 14.7. The van der Waals surface area contributed by atoms with E-state index in [1.807, 2.05) is 6.07 Å².